The van der Waals surface area contributed by atoms with Crippen LogP contribution in [0.3, 0.4) is 0 Å². The summed E-state index contributed by atoms with van der Waals surface area (Å²) >= 11 is 2.90. The third kappa shape index (κ3) is 2.96. The number of nitrogens with two attached hydrogens (primary N) is 1. The Bertz CT molecular complexity index is 563. The van der Waals surface area contributed by atoms with Crippen LogP contribution < -0.4 is 5.73 Å². The maximum Gasteiger partial charge on any atom is 0.247 e. The Labute approximate surface area is 118 Å². The minimum atomic E-state index is -3.97. The summed E-state index contributed by atoms with van der Waals surface area (Å²) in [6.45, 7) is 0.486. The Morgan fingerprint density at radius 3 is 2.37 bits per heavy atom. The molecule has 1 heterocycles. The molecule has 2 rings (SSSR count). The molecule has 1 aliphatic rings. The van der Waals surface area contributed by atoms with Gasteiger partial charge in [-0.25, -0.2) is 17.2 Å². The molecule has 1 aliphatic heterocycles. The maximum absolute atomic E-state index is 13.7. The van der Waals surface area contributed by atoms with Crippen LogP contribution in [0.4, 0.5) is 8.78 Å². The summed E-state index contributed by atoms with van der Waals surface area (Å²) in [6, 6.07) is 1.46. The Morgan fingerprint density at radius 2 is 1.84 bits per heavy atom. The van der Waals surface area contributed by atoms with Crippen LogP contribution in [0.1, 0.15) is 12.8 Å². The minimum Gasteiger partial charge on any atom is -0.328 e. The van der Waals surface area contributed by atoms with Crippen molar-refractivity contribution in [1.29, 1.82) is 0 Å². The lowest BCUT2D eigenvalue weighted by atomic mass is 10.1. The Balaban J connectivity index is 2.40. The third-order valence-electron chi connectivity index (χ3n) is 3.06. The van der Waals surface area contributed by atoms with Gasteiger partial charge in [-0.3, -0.25) is 0 Å². The van der Waals surface area contributed by atoms with Gasteiger partial charge >= 0.3 is 0 Å². The van der Waals surface area contributed by atoms with E-state index in [1.807, 2.05) is 0 Å². The van der Waals surface area contributed by atoms with Crippen molar-refractivity contribution in [2.45, 2.75) is 23.8 Å². The van der Waals surface area contributed by atoms with Gasteiger partial charge in [0.1, 0.15) is 16.5 Å². The molecule has 0 amide bonds. The van der Waals surface area contributed by atoms with Crippen LogP contribution >= 0.6 is 15.9 Å². The largest absolute Gasteiger partial charge is 0.328 e. The molecule has 0 radical (unpaired) electrons. The molecule has 0 aromatic heterocycles. The molecule has 19 heavy (non-hydrogen) atoms. The second-order valence-corrected chi connectivity index (χ2v) is 7.17. The van der Waals surface area contributed by atoms with E-state index in [-0.39, 0.29) is 23.6 Å². The van der Waals surface area contributed by atoms with Gasteiger partial charge in [0.05, 0.1) is 0 Å². The maximum atomic E-state index is 13.7. The molecule has 1 aromatic carbocycles. The lowest BCUT2D eigenvalue weighted by molar-refractivity contribution is 0.318. The lowest BCUT2D eigenvalue weighted by Gasteiger charge is -2.29. The van der Waals surface area contributed by atoms with E-state index in [1.54, 1.807) is 0 Å². The molecule has 0 spiro atoms. The Morgan fingerprint density at radius 1 is 1.26 bits per heavy atom. The molecular weight excluding hydrogens is 342 g/mol. The van der Waals surface area contributed by atoms with Gasteiger partial charge in [-0.1, -0.05) is 0 Å². The molecule has 1 fully saturated rings. The minimum absolute atomic E-state index is 0.0343. The standard InChI is InChI=1S/C11H13BrF2N2O2S/c12-9-5-7(13)6-10(14)11(9)19(17,18)16-3-1-8(15)2-4-16/h5-6,8H,1-4,15H2. The fourth-order valence-electron chi connectivity index (χ4n) is 2.02. The van der Waals surface area contributed by atoms with Crippen LogP contribution in [-0.2, 0) is 10.0 Å². The predicted molar refractivity (Wildman–Crippen MR) is 70.0 cm³/mol. The number of benzene rings is 1. The SMILES string of the molecule is NC1CCN(S(=O)(=O)c2c(F)cc(F)cc2Br)CC1. The monoisotopic (exact) mass is 354 g/mol. The van der Waals surface area contributed by atoms with Crippen LogP contribution in [0.25, 0.3) is 0 Å². The average Bonchev–Trinajstić information content (AvgIpc) is 2.27. The quantitative estimate of drug-likeness (QED) is 0.881. The van der Waals surface area contributed by atoms with Gasteiger partial charge in [-0.2, -0.15) is 4.31 Å². The summed E-state index contributed by atoms with van der Waals surface area (Å²) in [6.07, 6.45) is 1.05. The molecule has 0 unspecified atom stereocenters. The highest BCUT2D eigenvalue weighted by molar-refractivity contribution is 9.10. The van der Waals surface area contributed by atoms with E-state index in [9.17, 15) is 17.2 Å². The van der Waals surface area contributed by atoms with E-state index in [0.29, 0.717) is 18.9 Å². The van der Waals surface area contributed by atoms with Crippen molar-refractivity contribution in [2.75, 3.05) is 13.1 Å². The van der Waals surface area contributed by atoms with Crippen LogP contribution in [-0.4, -0.2) is 31.9 Å². The highest BCUT2D eigenvalue weighted by atomic mass is 79.9. The number of hydrogen-bond acceptors (Lipinski definition) is 3. The van der Waals surface area contributed by atoms with E-state index in [0.717, 1.165) is 6.07 Å². The Kier molecular flexibility index (Phi) is 4.24. The second-order valence-electron chi connectivity index (χ2n) is 4.44. The zero-order chi connectivity index (χ0) is 14.2. The molecule has 0 saturated carbocycles. The molecule has 4 nitrogen and oxygen atoms in total. The predicted octanol–water partition coefficient (Wildman–Crippen LogP) is 1.84. The van der Waals surface area contributed by atoms with Gasteiger partial charge < -0.3 is 5.73 Å². The first-order chi connectivity index (χ1) is 8.82. The summed E-state index contributed by atoms with van der Waals surface area (Å²) in [5.41, 5.74) is 5.70. The number of hydrogen-bond donors (Lipinski definition) is 1. The molecule has 8 heteroatoms. The van der Waals surface area contributed by atoms with E-state index in [2.05, 4.69) is 15.9 Å². The topological polar surface area (TPSA) is 63.4 Å². The van der Waals surface area contributed by atoms with Gasteiger partial charge in [0.2, 0.25) is 10.0 Å². The average molecular weight is 355 g/mol. The molecule has 1 saturated heterocycles. The van der Waals surface area contributed by atoms with Crippen molar-refractivity contribution in [3.05, 3.63) is 28.2 Å². The number of rotatable bonds is 2. The van der Waals surface area contributed by atoms with Gasteiger partial charge in [0, 0.05) is 29.7 Å². The summed E-state index contributed by atoms with van der Waals surface area (Å²) < 4.78 is 52.5. The summed E-state index contributed by atoms with van der Waals surface area (Å²) in [5.74, 6) is -1.93. The number of halogens is 3. The molecule has 1 aromatic rings. The van der Waals surface area contributed by atoms with Crippen LogP contribution in [0.5, 0.6) is 0 Å². The fourth-order valence-corrected chi connectivity index (χ4v) is 4.60. The summed E-state index contributed by atoms with van der Waals surface area (Å²) in [4.78, 5) is -0.524. The first-order valence-electron chi connectivity index (χ1n) is 5.72. The van der Waals surface area contributed by atoms with Gasteiger partial charge in [0.25, 0.3) is 0 Å². The van der Waals surface area contributed by atoms with E-state index < -0.39 is 26.6 Å². The van der Waals surface area contributed by atoms with Crippen LogP contribution in [0, 0.1) is 11.6 Å². The highest BCUT2D eigenvalue weighted by Crippen LogP contribution is 2.30. The van der Waals surface area contributed by atoms with Crippen molar-refractivity contribution < 1.29 is 17.2 Å². The van der Waals surface area contributed by atoms with Crippen molar-refractivity contribution in [2.24, 2.45) is 5.73 Å². The number of piperidine rings is 1. The van der Waals surface area contributed by atoms with Gasteiger partial charge in [-0.05, 0) is 34.8 Å². The number of sulfonamides is 1. The smallest absolute Gasteiger partial charge is 0.247 e. The van der Waals surface area contributed by atoms with Gasteiger partial charge in [0.15, 0.2) is 0 Å². The first kappa shape index (κ1) is 14.8. The van der Waals surface area contributed by atoms with Crippen molar-refractivity contribution in [3.8, 4) is 0 Å². The first-order valence-corrected chi connectivity index (χ1v) is 7.96. The number of nitrogens with zero attached hydrogens (tertiary/aromatic N) is 1. The van der Waals surface area contributed by atoms with E-state index in [1.165, 1.54) is 4.31 Å². The van der Waals surface area contributed by atoms with Gasteiger partial charge in [-0.15, -0.1) is 0 Å². The Hall–Kier alpha value is -0.570. The summed E-state index contributed by atoms with van der Waals surface area (Å²) in [7, 11) is -3.97. The van der Waals surface area contributed by atoms with E-state index in [4.69, 9.17) is 5.73 Å². The molecule has 106 valence electrons. The second kappa shape index (κ2) is 5.43. The molecular formula is C11H13BrF2N2O2S. The zero-order valence-corrected chi connectivity index (χ0v) is 12.3. The normalized spacial score (nSPS) is 18.7. The lowest BCUT2D eigenvalue weighted by Crippen LogP contribution is -2.43. The van der Waals surface area contributed by atoms with Crippen LogP contribution in [0.2, 0.25) is 0 Å². The summed E-state index contributed by atoms with van der Waals surface area (Å²) in [5, 5.41) is 0. The van der Waals surface area contributed by atoms with Crippen LogP contribution in [0.15, 0.2) is 21.5 Å². The molecule has 0 bridgehead atoms. The molecule has 0 aliphatic carbocycles. The highest BCUT2D eigenvalue weighted by Gasteiger charge is 2.32. The third-order valence-corrected chi connectivity index (χ3v) is 5.92. The van der Waals surface area contributed by atoms with Crippen molar-refractivity contribution >= 4 is 26.0 Å². The van der Waals surface area contributed by atoms with E-state index >= 15 is 0 Å². The van der Waals surface area contributed by atoms with Crippen molar-refractivity contribution in [3.63, 3.8) is 0 Å². The zero-order valence-electron chi connectivity index (χ0n) is 9.94. The van der Waals surface area contributed by atoms with Crippen molar-refractivity contribution in [1.82, 2.24) is 4.31 Å². The molecule has 2 N–H and O–H groups in total. The molecule has 0 atom stereocenters. The fraction of sp³-hybridized carbons (Fsp3) is 0.455.